The van der Waals surface area contributed by atoms with Crippen LogP contribution in [0.4, 0.5) is 5.69 Å². The van der Waals surface area contributed by atoms with Crippen LogP contribution in [0, 0.1) is 13.8 Å². The van der Waals surface area contributed by atoms with Crippen LogP contribution in [0.3, 0.4) is 0 Å². The molecule has 0 fully saturated rings. The molecule has 2 aromatic heterocycles. The maximum absolute atomic E-state index is 12.2. The number of nitrogens with zero attached hydrogens (tertiary/aromatic N) is 1. The fourth-order valence-electron chi connectivity index (χ4n) is 2.13. The number of hydrogen-bond donors (Lipinski definition) is 3. The lowest BCUT2D eigenvalue weighted by atomic mass is 10.1. The lowest BCUT2D eigenvalue weighted by Crippen LogP contribution is -2.28. The summed E-state index contributed by atoms with van der Waals surface area (Å²) < 4.78 is 5.47. The average molecular weight is 274 g/mol. The van der Waals surface area contributed by atoms with E-state index >= 15 is 0 Å². The highest BCUT2D eigenvalue weighted by molar-refractivity contribution is 5.99. The van der Waals surface area contributed by atoms with Gasteiger partial charge < -0.3 is 15.2 Å². The van der Waals surface area contributed by atoms with Crippen LogP contribution in [0.2, 0.25) is 0 Å². The van der Waals surface area contributed by atoms with E-state index in [4.69, 9.17) is 10.3 Å². The fraction of sp³-hybridized carbons (Fsp3) is 0.286. The van der Waals surface area contributed by atoms with Crippen molar-refractivity contribution in [3.63, 3.8) is 0 Å². The van der Waals surface area contributed by atoms with Crippen molar-refractivity contribution >= 4 is 11.6 Å². The average Bonchev–Trinajstić information content (AvgIpc) is 2.77. The molecule has 1 unspecified atom stereocenters. The zero-order valence-corrected chi connectivity index (χ0v) is 11.7. The van der Waals surface area contributed by atoms with Crippen LogP contribution in [0.25, 0.3) is 0 Å². The van der Waals surface area contributed by atoms with Gasteiger partial charge in [0.25, 0.3) is 5.91 Å². The van der Waals surface area contributed by atoms with Gasteiger partial charge in [-0.15, -0.1) is 0 Å². The van der Waals surface area contributed by atoms with Crippen molar-refractivity contribution in [1.29, 1.82) is 0 Å². The monoisotopic (exact) mass is 274 g/mol. The molecule has 6 nitrogen and oxygen atoms in total. The van der Waals surface area contributed by atoms with E-state index in [0.717, 1.165) is 17.1 Å². The number of furan rings is 1. The first-order valence-corrected chi connectivity index (χ1v) is 6.31. The molecule has 6 heteroatoms. The molecule has 4 N–H and O–H groups in total. The fourth-order valence-corrected chi connectivity index (χ4v) is 2.13. The van der Waals surface area contributed by atoms with Gasteiger partial charge in [-0.05, 0) is 32.9 Å². The Morgan fingerprint density at radius 3 is 2.80 bits per heavy atom. The van der Waals surface area contributed by atoms with Crippen molar-refractivity contribution in [3.8, 4) is 0 Å². The highest BCUT2D eigenvalue weighted by Crippen LogP contribution is 2.22. The molecule has 2 heterocycles. The van der Waals surface area contributed by atoms with Gasteiger partial charge in [0.15, 0.2) is 0 Å². The number of amides is 1. The first-order chi connectivity index (χ1) is 9.52. The van der Waals surface area contributed by atoms with Crippen molar-refractivity contribution in [1.82, 2.24) is 10.3 Å². The summed E-state index contributed by atoms with van der Waals surface area (Å²) in [6.45, 7) is 5.66. The minimum absolute atomic E-state index is 0.161. The number of carbonyl (C=O) groups excluding carboxylic acids is 1. The topological polar surface area (TPSA) is 93.2 Å². The zero-order chi connectivity index (χ0) is 14.7. The molecule has 0 radical (unpaired) electrons. The molecular weight excluding hydrogens is 256 g/mol. The third-order valence-corrected chi connectivity index (χ3v) is 3.11. The summed E-state index contributed by atoms with van der Waals surface area (Å²) in [5.74, 6) is 6.77. The minimum Gasteiger partial charge on any atom is -0.466 e. The molecule has 0 saturated carbocycles. The smallest absolute Gasteiger partial charge is 0.255 e. The van der Waals surface area contributed by atoms with E-state index in [0.29, 0.717) is 11.3 Å². The standard InChI is InChI=1S/C14H18N4O2/c1-8-6-11(10(3)20-8)9(2)17-14(19)12-7-16-5-4-13(12)18-15/h4-7,9H,15H2,1-3H3,(H,16,18)(H,17,19). The van der Waals surface area contributed by atoms with Gasteiger partial charge in [0.1, 0.15) is 11.5 Å². The Balaban J connectivity index is 2.17. The van der Waals surface area contributed by atoms with E-state index in [2.05, 4.69) is 15.7 Å². The van der Waals surface area contributed by atoms with E-state index in [1.807, 2.05) is 26.8 Å². The molecule has 1 atom stereocenters. The molecule has 2 aromatic rings. The number of pyridine rings is 1. The maximum Gasteiger partial charge on any atom is 0.255 e. The van der Waals surface area contributed by atoms with Crippen LogP contribution in [0.1, 0.15) is 40.4 Å². The van der Waals surface area contributed by atoms with E-state index < -0.39 is 0 Å². The number of nitrogen functional groups attached to an aromatic ring is 1. The van der Waals surface area contributed by atoms with Gasteiger partial charge in [-0.3, -0.25) is 15.6 Å². The Morgan fingerprint density at radius 2 is 2.20 bits per heavy atom. The Hall–Kier alpha value is -2.34. The molecule has 0 aliphatic rings. The van der Waals surface area contributed by atoms with Gasteiger partial charge in [-0.1, -0.05) is 0 Å². The lowest BCUT2D eigenvalue weighted by molar-refractivity contribution is 0.0940. The quantitative estimate of drug-likeness (QED) is 0.586. The Labute approximate surface area is 117 Å². The first-order valence-electron chi connectivity index (χ1n) is 6.31. The zero-order valence-electron chi connectivity index (χ0n) is 11.7. The molecule has 1 amide bonds. The summed E-state index contributed by atoms with van der Waals surface area (Å²) in [5, 5.41) is 2.91. The molecule has 0 aliphatic heterocycles. The lowest BCUT2D eigenvalue weighted by Gasteiger charge is -2.14. The van der Waals surface area contributed by atoms with Crippen LogP contribution in [0.5, 0.6) is 0 Å². The van der Waals surface area contributed by atoms with Crippen molar-refractivity contribution in [2.24, 2.45) is 5.84 Å². The normalized spacial score (nSPS) is 12.0. The molecule has 0 saturated heterocycles. The number of aromatic nitrogens is 1. The molecular formula is C14H18N4O2. The maximum atomic E-state index is 12.2. The number of hydrazine groups is 1. The summed E-state index contributed by atoms with van der Waals surface area (Å²) in [6.07, 6.45) is 3.05. The minimum atomic E-state index is -0.239. The Morgan fingerprint density at radius 1 is 1.45 bits per heavy atom. The number of hydrogen-bond acceptors (Lipinski definition) is 5. The van der Waals surface area contributed by atoms with Gasteiger partial charge in [0, 0.05) is 18.0 Å². The van der Waals surface area contributed by atoms with Gasteiger partial charge >= 0.3 is 0 Å². The Bertz CT molecular complexity index is 621. The van der Waals surface area contributed by atoms with E-state index in [9.17, 15) is 4.79 Å². The van der Waals surface area contributed by atoms with Crippen LogP contribution < -0.4 is 16.6 Å². The van der Waals surface area contributed by atoms with Gasteiger partial charge in [0.05, 0.1) is 17.3 Å². The number of nitrogens with two attached hydrogens (primary N) is 1. The first kappa shape index (κ1) is 14.1. The molecule has 106 valence electrons. The van der Waals surface area contributed by atoms with Gasteiger partial charge in [-0.2, -0.15) is 0 Å². The number of carbonyl (C=O) groups is 1. The van der Waals surface area contributed by atoms with Crippen LogP contribution in [-0.2, 0) is 0 Å². The summed E-state index contributed by atoms with van der Waals surface area (Å²) in [5.41, 5.74) is 4.38. The van der Waals surface area contributed by atoms with Crippen LogP contribution in [-0.4, -0.2) is 10.9 Å². The van der Waals surface area contributed by atoms with Crippen LogP contribution >= 0.6 is 0 Å². The van der Waals surface area contributed by atoms with E-state index in [1.54, 1.807) is 12.3 Å². The molecule has 0 bridgehead atoms. The highest BCUT2D eigenvalue weighted by Gasteiger charge is 2.17. The SMILES string of the molecule is Cc1cc(C(C)NC(=O)c2cnccc2NN)c(C)o1. The van der Waals surface area contributed by atoms with Gasteiger partial charge in [-0.25, -0.2) is 0 Å². The van der Waals surface area contributed by atoms with Crippen molar-refractivity contribution < 1.29 is 9.21 Å². The van der Waals surface area contributed by atoms with E-state index in [1.165, 1.54) is 6.20 Å². The highest BCUT2D eigenvalue weighted by atomic mass is 16.3. The third kappa shape index (κ3) is 2.80. The van der Waals surface area contributed by atoms with Crippen LogP contribution in [0.15, 0.2) is 28.9 Å². The number of aryl methyl sites for hydroxylation is 2. The van der Waals surface area contributed by atoms with Crippen molar-refractivity contribution in [2.45, 2.75) is 26.8 Å². The molecule has 0 aliphatic carbocycles. The predicted molar refractivity (Wildman–Crippen MR) is 76.1 cm³/mol. The summed E-state index contributed by atoms with van der Waals surface area (Å²) in [6, 6.07) is 3.41. The van der Waals surface area contributed by atoms with Crippen molar-refractivity contribution in [3.05, 3.63) is 47.2 Å². The summed E-state index contributed by atoms with van der Waals surface area (Å²) >= 11 is 0. The largest absolute Gasteiger partial charge is 0.466 e. The third-order valence-electron chi connectivity index (χ3n) is 3.11. The number of anilines is 1. The molecule has 2 rings (SSSR count). The van der Waals surface area contributed by atoms with Crippen molar-refractivity contribution in [2.75, 3.05) is 5.43 Å². The second kappa shape index (κ2) is 5.75. The summed E-state index contributed by atoms with van der Waals surface area (Å²) in [7, 11) is 0. The summed E-state index contributed by atoms with van der Waals surface area (Å²) in [4.78, 5) is 16.2. The second-order valence-corrected chi connectivity index (χ2v) is 4.63. The molecule has 0 aromatic carbocycles. The predicted octanol–water partition coefficient (Wildman–Crippen LogP) is 2.07. The van der Waals surface area contributed by atoms with E-state index in [-0.39, 0.29) is 11.9 Å². The molecule has 20 heavy (non-hydrogen) atoms. The number of nitrogens with one attached hydrogen (secondary N) is 2. The Kier molecular flexibility index (Phi) is 4.05. The second-order valence-electron chi connectivity index (χ2n) is 4.63. The van der Waals surface area contributed by atoms with Gasteiger partial charge in [0.2, 0.25) is 0 Å². The number of rotatable bonds is 4. The molecule has 0 spiro atoms.